The van der Waals surface area contributed by atoms with Crippen LogP contribution in [0.5, 0.6) is 0 Å². The van der Waals surface area contributed by atoms with Gasteiger partial charge in [0.2, 0.25) is 5.91 Å². The molecule has 96 valence electrons. The third kappa shape index (κ3) is 1.97. The summed E-state index contributed by atoms with van der Waals surface area (Å²) >= 11 is 0. The maximum atomic E-state index is 12.4. The normalized spacial score (nSPS) is 26.4. The summed E-state index contributed by atoms with van der Waals surface area (Å²) in [6.07, 6.45) is 1.05. The van der Waals surface area contributed by atoms with Crippen molar-refractivity contribution in [2.24, 2.45) is 5.92 Å². The van der Waals surface area contributed by atoms with E-state index in [1.165, 1.54) is 11.1 Å². The number of benzene rings is 1. The number of amides is 1. The number of carbonyl (C=O) groups is 1. The lowest BCUT2D eigenvalue weighted by Crippen LogP contribution is -2.32. The molecule has 2 aliphatic heterocycles. The lowest BCUT2D eigenvalue weighted by molar-refractivity contribution is -0.136. The Kier molecular flexibility index (Phi) is 2.74. The molecule has 0 aromatic heterocycles. The molecule has 1 aromatic rings. The Bertz CT molecular complexity index is 487. The number of hydrogen-bond donors (Lipinski definition) is 1. The van der Waals surface area contributed by atoms with Gasteiger partial charge in [-0.3, -0.25) is 4.79 Å². The standard InChI is InChI=1S/C14H18N2O2/c1-9-4-12(8-18-9)14(17)16-6-10-2-3-13(15)5-11(10)7-16/h2-3,5,9,12H,4,6-8,15H2,1H3. The fourth-order valence-electron chi connectivity index (χ4n) is 2.82. The summed E-state index contributed by atoms with van der Waals surface area (Å²) in [6, 6.07) is 5.88. The van der Waals surface area contributed by atoms with Crippen LogP contribution in [0, 0.1) is 5.92 Å². The molecule has 2 atom stereocenters. The monoisotopic (exact) mass is 246 g/mol. The minimum Gasteiger partial charge on any atom is -0.399 e. The Morgan fingerprint density at radius 3 is 2.89 bits per heavy atom. The summed E-state index contributed by atoms with van der Waals surface area (Å²) in [6.45, 7) is 3.98. The van der Waals surface area contributed by atoms with Gasteiger partial charge in [0, 0.05) is 18.8 Å². The topological polar surface area (TPSA) is 55.6 Å². The molecule has 0 radical (unpaired) electrons. The van der Waals surface area contributed by atoms with Gasteiger partial charge in [0.05, 0.1) is 18.6 Å². The van der Waals surface area contributed by atoms with Crippen LogP contribution in [0.3, 0.4) is 0 Å². The van der Waals surface area contributed by atoms with Gasteiger partial charge < -0.3 is 15.4 Å². The maximum absolute atomic E-state index is 12.4. The number of anilines is 1. The lowest BCUT2D eigenvalue weighted by atomic mass is 10.1. The van der Waals surface area contributed by atoms with Crippen molar-refractivity contribution in [3.8, 4) is 0 Å². The van der Waals surface area contributed by atoms with Crippen LogP contribution in [0.15, 0.2) is 18.2 Å². The summed E-state index contributed by atoms with van der Waals surface area (Å²) in [7, 11) is 0. The van der Waals surface area contributed by atoms with E-state index in [-0.39, 0.29) is 17.9 Å². The van der Waals surface area contributed by atoms with Gasteiger partial charge in [-0.2, -0.15) is 0 Å². The van der Waals surface area contributed by atoms with E-state index in [1.54, 1.807) is 0 Å². The van der Waals surface area contributed by atoms with E-state index in [9.17, 15) is 4.79 Å². The van der Waals surface area contributed by atoms with Gasteiger partial charge in [-0.25, -0.2) is 0 Å². The van der Waals surface area contributed by atoms with E-state index in [1.807, 2.05) is 30.0 Å². The Balaban J connectivity index is 1.72. The molecule has 4 heteroatoms. The van der Waals surface area contributed by atoms with Crippen LogP contribution in [0.25, 0.3) is 0 Å². The highest BCUT2D eigenvalue weighted by Crippen LogP contribution is 2.28. The summed E-state index contributed by atoms with van der Waals surface area (Å²) in [5.74, 6) is 0.251. The molecule has 3 rings (SSSR count). The number of hydrogen-bond acceptors (Lipinski definition) is 3. The Morgan fingerprint density at radius 2 is 2.17 bits per heavy atom. The highest BCUT2D eigenvalue weighted by atomic mass is 16.5. The second-order valence-corrected chi connectivity index (χ2v) is 5.30. The zero-order valence-corrected chi connectivity index (χ0v) is 10.6. The van der Waals surface area contributed by atoms with Gasteiger partial charge in [-0.15, -0.1) is 0 Å². The highest BCUT2D eigenvalue weighted by Gasteiger charge is 2.33. The van der Waals surface area contributed by atoms with Crippen molar-refractivity contribution in [1.29, 1.82) is 0 Å². The first kappa shape index (κ1) is 11.5. The SMILES string of the molecule is CC1CC(C(=O)N2Cc3ccc(N)cc3C2)CO1. The third-order valence-electron chi connectivity index (χ3n) is 3.81. The van der Waals surface area contributed by atoms with Crippen LogP contribution >= 0.6 is 0 Å². The average Bonchev–Trinajstić information content (AvgIpc) is 2.93. The van der Waals surface area contributed by atoms with Crippen LogP contribution in [-0.4, -0.2) is 23.5 Å². The van der Waals surface area contributed by atoms with Gasteiger partial charge in [0.1, 0.15) is 0 Å². The van der Waals surface area contributed by atoms with Crippen molar-refractivity contribution >= 4 is 11.6 Å². The number of ether oxygens (including phenoxy) is 1. The molecule has 1 fully saturated rings. The van der Waals surface area contributed by atoms with Crippen LogP contribution in [0.2, 0.25) is 0 Å². The molecule has 18 heavy (non-hydrogen) atoms. The van der Waals surface area contributed by atoms with E-state index in [0.29, 0.717) is 19.7 Å². The largest absolute Gasteiger partial charge is 0.399 e. The van der Waals surface area contributed by atoms with E-state index >= 15 is 0 Å². The fraction of sp³-hybridized carbons (Fsp3) is 0.500. The van der Waals surface area contributed by atoms with Gasteiger partial charge in [-0.1, -0.05) is 6.07 Å². The smallest absolute Gasteiger partial charge is 0.228 e. The van der Waals surface area contributed by atoms with Gasteiger partial charge in [0.25, 0.3) is 0 Å². The molecule has 1 saturated heterocycles. The van der Waals surface area contributed by atoms with Crippen molar-refractivity contribution in [2.75, 3.05) is 12.3 Å². The molecular formula is C14H18N2O2. The van der Waals surface area contributed by atoms with Crippen LogP contribution in [0.1, 0.15) is 24.5 Å². The first-order valence-corrected chi connectivity index (χ1v) is 6.41. The summed E-state index contributed by atoms with van der Waals surface area (Å²) in [5, 5.41) is 0. The number of carbonyl (C=O) groups excluding carboxylic acids is 1. The van der Waals surface area contributed by atoms with Gasteiger partial charge in [0.15, 0.2) is 0 Å². The third-order valence-corrected chi connectivity index (χ3v) is 3.81. The fourth-order valence-corrected chi connectivity index (χ4v) is 2.82. The first-order chi connectivity index (χ1) is 8.63. The van der Waals surface area contributed by atoms with E-state index in [0.717, 1.165) is 12.1 Å². The molecule has 0 saturated carbocycles. The van der Waals surface area contributed by atoms with Crippen molar-refractivity contribution < 1.29 is 9.53 Å². The van der Waals surface area contributed by atoms with Crippen LogP contribution in [-0.2, 0) is 22.6 Å². The Labute approximate surface area is 107 Å². The molecule has 4 nitrogen and oxygen atoms in total. The van der Waals surface area contributed by atoms with Gasteiger partial charge in [-0.05, 0) is 36.6 Å². The number of nitrogens with zero attached hydrogens (tertiary/aromatic N) is 1. The predicted octanol–water partition coefficient (Wildman–Crippen LogP) is 1.54. The Morgan fingerprint density at radius 1 is 1.39 bits per heavy atom. The van der Waals surface area contributed by atoms with Crippen LogP contribution < -0.4 is 5.73 Å². The zero-order chi connectivity index (χ0) is 12.7. The van der Waals surface area contributed by atoms with Crippen molar-refractivity contribution in [3.63, 3.8) is 0 Å². The molecule has 0 spiro atoms. The predicted molar refractivity (Wildman–Crippen MR) is 68.6 cm³/mol. The molecule has 0 aliphatic carbocycles. The van der Waals surface area contributed by atoms with Crippen LogP contribution in [0.4, 0.5) is 5.69 Å². The number of nitrogen functional groups attached to an aromatic ring is 1. The second-order valence-electron chi connectivity index (χ2n) is 5.30. The highest BCUT2D eigenvalue weighted by molar-refractivity contribution is 5.80. The van der Waals surface area contributed by atoms with E-state index in [4.69, 9.17) is 10.5 Å². The number of rotatable bonds is 1. The molecule has 2 unspecified atom stereocenters. The lowest BCUT2D eigenvalue weighted by Gasteiger charge is -2.18. The molecule has 2 N–H and O–H groups in total. The molecule has 1 amide bonds. The summed E-state index contributed by atoms with van der Waals surface area (Å²) < 4.78 is 5.47. The summed E-state index contributed by atoms with van der Waals surface area (Å²) in [4.78, 5) is 14.3. The molecule has 1 aromatic carbocycles. The number of nitrogens with two attached hydrogens (primary N) is 1. The maximum Gasteiger partial charge on any atom is 0.228 e. The molecule has 2 heterocycles. The second kappa shape index (κ2) is 4.28. The van der Waals surface area contributed by atoms with Crippen molar-refractivity contribution in [2.45, 2.75) is 32.5 Å². The van der Waals surface area contributed by atoms with Crippen molar-refractivity contribution in [3.05, 3.63) is 29.3 Å². The molecular weight excluding hydrogens is 228 g/mol. The summed E-state index contributed by atoms with van der Waals surface area (Å²) in [5.41, 5.74) is 8.92. The zero-order valence-electron chi connectivity index (χ0n) is 10.6. The minimum atomic E-state index is 0.0339. The molecule has 2 aliphatic rings. The number of fused-ring (bicyclic) bond motifs is 1. The first-order valence-electron chi connectivity index (χ1n) is 6.41. The van der Waals surface area contributed by atoms with Crippen molar-refractivity contribution in [1.82, 2.24) is 4.90 Å². The minimum absolute atomic E-state index is 0.0339. The molecule has 0 bridgehead atoms. The van der Waals surface area contributed by atoms with Gasteiger partial charge >= 0.3 is 0 Å². The van der Waals surface area contributed by atoms with E-state index in [2.05, 4.69) is 0 Å². The quantitative estimate of drug-likeness (QED) is 0.765. The average molecular weight is 246 g/mol. The Hall–Kier alpha value is -1.55. The van der Waals surface area contributed by atoms with E-state index < -0.39 is 0 Å².